The molecular weight excluding hydrogens is 304 g/mol. The molecule has 5 unspecified atom stereocenters. The Morgan fingerprint density at radius 1 is 1.22 bits per heavy atom. The second kappa shape index (κ2) is 5.76. The van der Waals surface area contributed by atoms with Crippen molar-refractivity contribution in [2.45, 2.75) is 19.4 Å². The smallest absolute Gasteiger partial charge is 0.307 e. The van der Waals surface area contributed by atoms with E-state index < -0.39 is 41.4 Å². The molecule has 1 aromatic carbocycles. The highest BCUT2D eigenvalue weighted by Gasteiger charge is 2.51. The maximum atomic E-state index is 13.8. The summed E-state index contributed by atoms with van der Waals surface area (Å²) < 4.78 is 27.1. The number of halogens is 2. The Hall–Kier alpha value is -2.24. The van der Waals surface area contributed by atoms with Crippen molar-refractivity contribution >= 4 is 11.9 Å². The summed E-state index contributed by atoms with van der Waals surface area (Å²) in [6.07, 6.45) is 4.38. The molecule has 0 aromatic heterocycles. The van der Waals surface area contributed by atoms with Crippen LogP contribution in [0.5, 0.6) is 0 Å². The lowest BCUT2D eigenvalue weighted by Gasteiger charge is -2.26. The van der Waals surface area contributed by atoms with Crippen LogP contribution >= 0.6 is 0 Å². The molecule has 1 amide bonds. The summed E-state index contributed by atoms with van der Waals surface area (Å²) in [6, 6.07) is 3.04. The van der Waals surface area contributed by atoms with E-state index in [0.29, 0.717) is 6.42 Å². The van der Waals surface area contributed by atoms with E-state index in [-0.39, 0.29) is 17.4 Å². The van der Waals surface area contributed by atoms with Crippen LogP contribution < -0.4 is 5.32 Å². The van der Waals surface area contributed by atoms with Crippen molar-refractivity contribution in [3.05, 3.63) is 47.5 Å². The number of carbonyl (C=O) groups excluding carboxylic acids is 1. The Morgan fingerprint density at radius 3 is 2.52 bits per heavy atom. The van der Waals surface area contributed by atoms with Gasteiger partial charge in [-0.15, -0.1) is 0 Å². The third-order valence-corrected chi connectivity index (χ3v) is 4.85. The third-order valence-electron chi connectivity index (χ3n) is 4.85. The highest BCUT2D eigenvalue weighted by molar-refractivity contribution is 5.87. The van der Waals surface area contributed by atoms with Gasteiger partial charge in [-0.1, -0.05) is 24.3 Å². The molecule has 2 aliphatic carbocycles. The van der Waals surface area contributed by atoms with Gasteiger partial charge in [0.25, 0.3) is 0 Å². The molecule has 0 radical (unpaired) electrons. The van der Waals surface area contributed by atoms with Crippen LogP contribution in [-0.2, 0) is 9.59 Å². The number of benzene rings is 1. The highest BCUT2D eigenvalue weighted by atomic mass is 19.2. The molecule has 5 atom stereocenters. The van der Waals surface area contributed by atoms with Gasteiger partial charge in [0.1, 0.15) is 0 Å². The molecule has 1 saturated carbocycles. The maximum absolute atomic E-state index is 13.8. The van der Waals surface area contributed by atoms with Crippen molar-refractivity contribution in [3.8, 4) is 0 Å². The van der Waals surface area contributed by atoms with Gasteiger partial charge in [0.2, 0.25) is 5.91 Å². The van der Waals surface area contributed by atoms with Gasteiger partial charge in [-0.05, 0) is 31.2 Å². The molecule has 0 saturated heterocycles. The van der Waals surface area contributed by atoms with E-state index in [1.165, 1.54) is 12.1 Å². The Morgan fingerprint density at radius 2 is 1.87 bits per heavy atom. The summed E-state index contributed by atoms with van der Waals surface area (Å²) in [4.78, 5) is 23.9. The maximum Gasteiger partial charge on any atom is 0.307 e. The zero-order valence-corrected chi connectivity index (χ0v) is 12.5. The van der Waals surface area contributed by atoms with Crippen LogP contribution in [0.2, 0.25) is 0 Å². The van der Waals surface area contributed by atoms with Gasteiger partial charge in [0.05, 0.1) is 17.9 Å². The van der Waals surface area contributed by atoms with Gasteiger partial charge in [0, 0.05) is 5.56 Å². The zero-order valence-electron chi connectivity index (χ0n) is 12.5. The molecule has 1 fully saturated rings. The fourth-order valence-electron chi connectivity index (χ4n) is 3.76. The van der Waals surface area contributed by atoms with E-state index in [1.54, 1.807) is 6.92 Å². The van der Waals surface area contributed by atoms with Crippen molar-refractivity contribution in [1.29, 1.82) is 0 Å². The summed E-state index contributed by atoms with van der Waals surface area (Å²) in [5.41, 5.74) is 0.0453. The molecule has 23 heavy (non-hydrogen) atoms. The van der Waals surface area contributed by atoms with Gasteiger partial charge in [-0.2, -0.15) is 0 Å². The summed E-state index contributed by atoms with van der Waals surface area (Å²) in [6.45, 7) is 1.55. The average Bonchev–Trinajstić information content (AvgIpc) is 3.10. The Bertz CT molecular complexity index is 688. The number of hydrogen-bond donors (Lipinski definition) is 2. The molecule has 3 rings (SSSR count). The Balaban J connectivity index is 1.77. The Kier molecular flexibility index (Phi) is 3.92. The standard InChI is InChI=1S/C17H17F2NO3/c1-8(11-3-2-4-12(18)15(11)19)20-16(21)13-9-5-6-10(7-9)14(13)17(22)23/h2-6,8-10,13-14H,7H2,1H3,(H,20,21)(H,22,23). The van der Waals surface area contributed by atoms with E-state index in [9.17, 15) is 23.5 Å². The van der Waals surface area contributed by atoms with E-state index in [2.05, 4.69) is 5.32 Å². The van der Waals surface area contributed by atoms with Crippen LogP contribution in [-0.4, -0.2) is 17.0 Å². The van der Waals surface area contributed by atoms with Crippen LogP contribution in [0.1, 0.15) is 24.9 Å². The van der Waals surface area contributed by atoms with Gasteiger partial charge >= 0.3 is 5.97 Å². The number of amides is 1. The molecule has 1 aromatic rings. The lowest BCUT2D eigenvalue weighted by molar-refractivity contribution is -0.148. The SMILES string of the molecule is CC(NC(=O)C1C2C=CC(C2)C1C(=O)O)c1cccc(F)c1F. The number of fused-ring (bicyclic) bond motifs is 2. The van der Waals surface area contributed by atoms with E-state index in [0.717, 1.165) is 6.07 Å². The molecule has 0 heterocycles. The van der Waals surface area contributed by atoms with Crippen molar-refractivity contribution in [2.75, 3.05) is 0 Å². The van der Waals surface area contributed by atoms with E-state index in [4.69, 9.17) is 0 Å². The molecular formula is C17H17F2NO3. The van der Waals surface area contributed by atoms with Crippen LogP contribution in [0.25, 0.3) is 0 Å². The number of carbonyl (C=O) groups is 2. The molecule has 4 nitrogen and oxygen atoms in total. The number of hydrogen-bond acceptors (Lipinski definition) is 2. The number of nitrogens with one attached hydrogen (secondary N) is 1. The summed E-state index contributed by atoms with van der Waals surface area (Å²) in [5, 5.41) is 12.0. The number of allylic oxidation sites excluding steroid dienone is 2. The molecule has 122 valence electrons. The fraction of sp³-hybridized carbons (Fsp3) is 0.412. The number of carboxylic acid groups (broad SMARTS) is 1. The average molecular weight is 321 g/mol. The van der Waals surface area contributed by atoms with Crippen LogP contribution in [0.15, 0.2) is 30.4 Å². The van der Waals surface area contributed by atoms with Gasteiger partial charge < -0.3 is 10.4 Å². The second-order valence-corrected chi connectivity index (χ2v) is 6.21. The minimum Gasteiger partial charge on any atom is -0.481 e. The molecule has 6 heteroatoms. The minimum atomic E-state index is -0.997. The summed E-state index contributed by atoms with van der Waals surface area (Å²) in [5.74, 6) is -5.05. The first kappa shape index (κ1) is 15.6. The zero-order chi connectivity index (χ0) is 16.7. The molecule has 0 spiro atoms. The molecule has 0 aliphatic heterocycles. The second-order valence-electron chi connectivity index (χ2n) is 6.21. The number of aliphatic carboxylic acids is 1. The topological polar surface area (TPSA) is 66.4 Å². The van der Waals surface area contributed by atoms with Crippen LogP contribution in [0.3, 0.4) is 0 Å². The van der Waals surface area contributed by atoms with Crippen molar-refractivity contribution in [2.24, 2.45) is 23.7 Å². The normalized spacial score (nSPS) is 29.5. The third kappa shape index (κ3) is 2.62. The molecule has 2 bridgehead atoms. The predicted molar refractivity (Wildman–Crippen MR) is 78.3 cm³/mol. The van der Waals surface area contributed by atoms with E-state index >= 15 is 0 Å². The summed E-state index contributed by atoms with van der Waals surface area (Å²) in [7, 11) is 0. The van der Waals surface area contributed by atoms with Crippen LogP contribution in [0.4, 0.5) is 8.78 Å². The van der Waals surface area contributed by atoms with Gasteiger partial charge in [-0.25, -0.2) is 8.78 Å². The summed E-state index contributed by atoms with van der Waals surface area (Å²) >= 11 is 0. The monoisotopic (exact) mass is 321 g/mol. The first-order valence-corrected chi connectivity index (χ1v) is 7.55. The first-order valence-electron chi connectivity index (χ1n) is 7.55. The molecule has 2 aliphatic rings. The number of rotatable bonds is 4. The van der Waals surface area contributed by atoms with Crippen molar-refractivity contribution in [3.63, 3.8) is 0 Å². The van der Waals surface area contributed by atoms with Crippen molar-refractivity contribution < 1.29 is 23.5 Å². The lowest BCUT2D eigenvalue weighted by atomic mass is 9.82. The number of carboxylic acids is 1. The largest absolute Gasteiger partial charge is 0.481 e. The van der Waals surface area contributed by atoms with Crippen molar-refractivity contribution in [1.82, 2.24) is 5.32 Å². The van der Waals surface area contributed by atoms with E-state index in [1.807, 2.05) is 12.2 Å². The van der Waals surface area contributed by atoms with Gasteiger partial charge in [-0.3, -0.25) is 9.59 Å². The highest BCUT2D eigenvalue weighted by Crippen LogP contribution is 2.48. The van der Waals surface area contributed by atoms with Gasteiger partial charge in [0.15, 0.2) is 11.6 Å². The quantitative estimate of drug-likeness (QED) is 0.838. The predicted octanol–water partition coefficient (Wildman–Crippen LogP) is 2.66. The van der Waals surface area contributed by atoms with Crippen LogP contribution in [0, 0.1) is 35.3 Å². The fourth-order valence-corrected chi connectivity index (χ4v) is 3.76. The molecule has 2 N–H and O–H groups in total. The Labute approximate surface area is 132 Å². The minimum absolute atomic E-state index is 0.0453. The first-order chi connectivity index (χ1) is 10.9. The lowest BCUT2D eigenvalue weighted by Crippen LogP contribution is -2.41.